The minimum atomic E-state index is 0.449. The molecule has 16 heavy (non-hydrogen) atoms. The number of nitrogens with zero attached hydrogens (tertiary/aromatic N) is 1. The lowest BCUT2D eigenvalue weighted by Crippen LogP contribution is -2.02. The van der Waals surface area contributed by atoms with Gasteiger partial charge in [-0.3, -0.25) is 0 Å². The Morgan fingerprint density at radius 3 is 2.75 bits per heavy atom. The number of pyridine rings is 1. The lowest BCUT2D eigenvalue weighted by molar-refractivity contribution is 0.304. The minimum absolute atomic E-state index is 0.449. The van der Waals surface area contributed by atoms with Gasteiger partial charge in [-0.1, -0.05) is 24.3 Å². The van der Waals surface area contributed by atoms with E-state index in [9.17, 15) is 0 Å². The summed E-state index contributed by atoms with van der Waals surface area (Å²) in [6.07, 6.45) is 1.67. The summed E-state index contributed by atoms with van der Waals surface area (Å²) in [6, 6.07) is 11.7. The van der Waals surface area contributed by atoms with E-state index < -0.39 is 0 Å². The van der Waals surface area contributed by atoms with Crippen LogP contribution in [0, 0.1) is 6.92 Å². The Bertz CT molecular complexity index is 437. The summed E-state index contributed by atoms with van der Waals surface area (Å²) in [7, 11) is 0. The molecule has 0 saturated carbocycles. The van der Waals surface area contributed by atoms with Gasteiger partial charge in [0.25, 0.3) is 0 Å². The standard InChI is InChI=1S/C13H14N2O/c1-10-5-2-3-7-12(10)16-9-11-6-4-8-15-13(11)14/h2-8H,9H2,1H3,(H2,14,15). The topological polar surface area (TPSA) is 48.1 Å². The summed E-state index contributed by atoms with van der Waals surface area (Å²) in [5.74, 6) is 1.40. The van der Waals surface area contributed by atoms with Crippen molar-refractivity contribution in [2.75, 3.05) is 5.73 Å². The van der Waals surface area contributed by atoms with E-state index in [0.29, 0.717) is 12.4 Å². The number of hydrogen-bond acceptors (Lipinski definition) is 3. The van der Waals surface area contributed by atoms with Crippen LogP contribution in [0.2, 0.25) is 0 Å². The van der Waals surface area contributed by atoms with Crippen LogP contribution in [0.4, 0.5) is 5.82 Å². The molecule has 3 nitrogen and oxygen atoms in total. The Hall–Kier alpha value is -2.03. The molecule has 2 aromatic rings. The Balaban J connectivity index is 2.09. The highest BCUT2D eigenvalue weighted by atomic mass is 16.5. The van der Waals surface area contributed by atoms with Gasteiger partial charge in [0.1, 0.15) is 18.2 Å². The maximum absolute atomic E-state index is 5.73. The minimum Gasteiger partial charge on any atom is -0.488 e. The lowest BCUT2D eigenvalue weighted by Gasteiger charge is -2.09. The Morgan fingerprint density at radius 2 is 2.00 bits per heavy atom. The van der Waals surface area contributed by atoms with Gasteiger partial charge in [0.2, 0.25) is 0 Å². The number of benzene rings is 1. The van der Waals surface area contributed by atoms with Gasteiger partial charge in [-0.15, -0.1) is 0 Å². The third-order valence-electron chi connectivity index (χ3n) is 2.40. The number of hydrogen-bond donors (Lipinski definition) is 1. The molecule has 1 aromatic carbocycles. The zero-order chi connectivity index (χ0) is 11.4. The quantitative estimate of drug-likeness (QED) is 0.854. The molecule has 0 radical (unpaired) electrons. The van der Waals surface area contributed by atoms with Crippen molar-refractivity contribution in [1.82, 2.24) is 4.98 Å². The molecule has 0 aliphatic heterocycles. The van der Waals surface area contributed by atoms with Gasteiger partial charge in [0.15, 0.2) is 0 Å². The van der Waals surface area contributed by atoms with Crippen LogP contribution < -0.4 is 10.5 Å². The summed E-state index contributed by atoms with van der Waals surface area (Å²) in [5, 5.41) is 0. The molecule has 1 aromatic heterocycles. The van der Waals surface area contributed by atoms with Crippen molar-refractivity contribution in [3.63, 3.8) is 0 Å². The molecule has 0 unspecified atom stereocenters. The summed E-state index contributed by atoms with van der Waals surface area (Å²) >= 11 is 0. The molecule has 0 aliphatic carbocycles. The highest BCUT2D eigenvalue weighted by molar-refractivity contribution is 5.39. The van der Waals surface area contributed by atoms with Crippen molar-refractivity contribution in [2.24, 2.45) is 0 Å². The first-order valence-electron chi connectivity index (χ1n) is 5.15. The highest BCUT2D eigenvalue weighted by Gasteiger charge is 2.01. The largest absolute Gasteiger partial charge is 0.488 e. The van der Waals surface area contributed by atoms with Gasteiger partial charge in [-0.05, 0) is 24.6 Å². The molecule has 82 valence electrons. The molecule has 2 rings (SSSR count). The van der Waals surface area contributed by atoms with E-state index in [1.54, 1.807) is 6.20 Å². The summed E-state index contributed by atoms with van der Waals surface area (Å²) < 4.78 is 5.68. The normalized spacial score (nSPS) is 10.1. The molecular weight excluding hydrogens is 200 g/mol. The second-order valence-corrected chi connectivity index (χ2v) is 3.60. The second kappa shape index (κ2) is 4.66. The average Bonchev–Trinajstić information content (AvgIpc) is 2.30. The third-order valence-corrected chi connectivity index (χ3v) is 2.40. The van der Waals surface area contributed by atoms with Gasteiger partial charge >= 0.3 is 0 Å². The van der Waals surface area contributed by atoms with E-state index in [2.05, 4.69) is 4.98 Å². The zero-order valence-electron chi connectivity index (χ0n) is 9.18. The zero-order valence-corrected chi connectivity index (χ0v) is 9.18. The molecule has 0 fully saturated rings. The maximum atomic E-state index is 5.73. The molecule has 0 atom stereocenters. The van der Waals surface area contributed by atoms with Crippen molar-refractivity contribution >= 4 is 5.82 Å². The van der Waals surface area contributed by atoms with Gasteiger partial charge in [-0.2, -0.15) is 0 Å². The van der Waals surface area contributed by atoms with E-state index in [0.717, 1.165) is 16.9 Å². The number of anilines is 1. The Labute approximate surface area is 94.9 Å². The first-order chi connectivity index (χ1) is 7.77. The smallest absolute Gasteiger partial charge is 0.129 e. The van der Waals surface area contributed by atoms with E-state index >= 15 is 0 Å². The number of aromatic nitrogens is 1. The van der Waals surface area contributed by atoms with Crippen LogP contribution in [0.25, 0.3) is 0 Å². The fraction of sp³-hybridized carbons (Fsp3) is 0.154. The van der Waals surface area contributed by atoms with E-state index in [4.69, 9.17) is 10.5 Å². The first kappa shape index (κ1) is 10.5. The number of ether oxygens (including phenoxy) is 1. The average molecular weight is 214 g/mol. The van der Waals surface area contributed by atoms with Gasteiger partial charge in [0.05, 0.1) is 0 Å². The molecule has 2 N–H and O–H groups in total. The summed E-state index contributed by atoms with van der Waals surface area (Å²) in [5.41, 5.74) is 7.76. The van der Waals surface area contributed by atoms with Crippen molar-refractivity contribution in [2.45, 2.75) is 13.5 Å². The predicted molar refractivity (Wildman–Crippen MR) is 64.2 cm³/mol. The van der Waals surface area contributed by atoms with E-state index in [1.165, 1.54) is 0 Å². The number of para-hydroxylation sites is 1. The van der Waals surface area contributed by atoms with Crippen molar-refractivity contribution in [3.05, 3.63) is 53.7 Å². The molecule has 0 saturated heterocycles. The van der Waals surface area contributed by atoms with Gasteiger partial charge < -0.3 is 10.5 Å². The van der Waals surface area contributed by atoms with E-state index in [-0.39, 0.29) is 0 Å². The molecular formula is C13H14N2O. The predicted octanol–water partition coefficient (Wildman–Crippen LogP) is 2.55. The van der Waals surface area contributed by atoms with Crippen LogP contribution >= 0.6 is 0 Å². The van der Waals surface area contributed by atoms with E-state index in [1.807, 2.05) is 43.3 Å². The lowest BCUT2D eigenvalue weighted by atomic mass is 10.2. The fourth-order valence-electron chi connectivity index (χ4n) is 1.45. The first-order valence-corrected chi connectivity index (χ1v) is 5.15. The number of aryl methyl sites for hydroxylation is 1. The molecule has 1 heterocycles. The van der Waals surface area contributed by atoms with Gasteiger partial charge in [-0.25, -0.2) is 4.98 Å². The molecule has 0 bridgehead atoms. The monoisotopic (exact) mass is 214 g/mol. The summed E-state index contributed by atoms with van der Waals surface area (Å²) in [6.45, 7) is 2.46. The summed E-state index contributed by atoms with van der Waals surface area (Å²) in [4.78, 5) is 4.01. The van der Waals surface area contributed by atoms with Crippen molar-refractivity contribution < 1.29 is 4.74 Å². The number of nitrogen functional groups attached to an aromatic ring is 1. The van der Waals surface area contributed by atoms with Crippen LogP contribution in [-0.4, -0.2) is 4.98 Å². The maximum Gasteiger partial charge on any atom is 0.129 e. The molecule has 0 amide bonds. The highest BCUT2D eigenvalue weighted by Crippen LogP contribution is 2.18. The fourth-order valence-corrected chi connectivity index (χ4v) is 1.45. The SMILES string of the molecule is Cc1ccccc1OCc1cccnc1N. The van der Waals surface area contributed by atoms with Crippen LogP contribution in [0.1, 0.15) is 11.1 Å². The van der Waals surface area contributed by atoms with Crippen molar-refractivity contribution in [3.8, 4) is 5.75 Å². The van der Waals surface area contributed by atoms with Crippen molar-refractivity contribution in [1.29, 1.82) is 0 Å². The van der Waals surface area contributed by atoms with Crippen LogP contribution in [-0.2, 0) is 6.61 Å². The van der Waals surface area contributed by atoms with Gasteiger partial charge in [0, 0.05) is 11.8 Å². The number of rotatable bonds is 3. The number of nitrogens with two attached hydrogens (primary N) is 1. The van der Waals surface area contributed by atoms with Crippen LogP contribution in [0.3, 0.4) is 0 Å². The van der Waals surface area contributed by atoms with Crippen LogP contribution in [0.5, 0.6) is 5.75 Å². The molecule has 0 aliphatic rings. The molecule has 0 spiro atoms. The third kappa shape index (κ3) is 2.31. The molecule has 3 heteroatoms. The van der Waals surface area contributed by atoms with Crippen LogP contribution in [0.15, 0.2) is 42.6 Å². The second-order valence-electron chi connectivity index (χ2n) is 3.60. The Kier molecular flexibility index (Phi) is 3.05. The Morgan fingerprint density at radius 1 is 1.19 bits per heavy atom.